The van der Waals surface area contributed by atoms with Crippen LogP contribution in [0.3, 0.4) is 0 Å². The molecule has 1 aromatic heterocycles. The fourth-order valence-corrected chi connectivity index (χ4v) is 3.38. The SMILES string of the molecule is CCCC(=O)Nc1ccc(-c2csc(NC(=O)COc3cccc(C)c3)n2)cc1. The number of ether oxygens (including phenoxy) is 1. The average Bonchev–Trinajstić information content (AvgIpc) is 3.15. The lowest BCUT2D eigenvalue weighted by Crippen LogP contribution is -2.20. The highest BCUT2D eigenvalue weighted by atomic mass is 32.1. The monoisotopic (exact) mass is 409 g/mol. The molecule has 0 bridgehead atoms. The summed E-state index contributed by atoms with van der Waals surface area (Å²) in [6.45, 7) is 3.86. The summed E-state index contributed by atoms with van der Waals surface area (Å²) < 4.78 is 5.50. The lowest BCUT2D eigenvalue weighted by atomic mass is 10.1. The van der Waals surface area contributed by atoms with E-state index >= 15 is 0 Å². The van der Waals surface area contributed by atoms with Crippen molar-refractivity contribution >= 4 is 34.0 Å². The Hall–Kier alpha value is -3.19. The molecule has 2 aromatic carbocycles. The van der Waals surface area contributed by atoms with Crippen molar-refractivity contribution in [1.82, 2.24) is 4.98 Å². The number of anilines is 2. The van der Waals surface area contributed by atoms with Crippen LogP contribution in [0.2, 0.25) is 0 Å². The number of nitrogens with one attached hydrogen (secondary N) is 2. The van der Waals surface area contributed by atoms with Crippen LogP contribution in [0.4, 0.5) is 10.8 Å². The predicted octanol–water partition coefficient (Wildman–Crippen LogP) is 4.87. The van der Waals surface area contributed by atoms with Gasteiger partial charge in [-0.05, 0) is 43.2 Å². The van der Waals surface area contributed by atoms with Gasteiger partial charge in [0.15, 0.2) is 11.7 Å². The number of nitrogens with zero attached hydrogens (tertiary/aromatic N) is 1. The molecule has 0 fully saturated rings. The first-order valence-corrected chi connectivity index (χ1v) is 10.3. The minimum absolute atomic E-state index is 0.00629. The van der Waals surface area contributed by atoms with Crippen LogP contribution in [-0.2, 0) is 9.59 Å². The molecule has 3 aromatic rings. The zero-order valence-corrected chi connectivity index (χ0v) is 17.2. The molecule has 3 rings (SSSR count). The molecule has 150 valence electrons. The molecule has 0 spiro atoms. The predicted molar refractivity (Wildman–Crippen MR) is 116 cm³/mol. The third-order valence-corrected chi connectivity index (χ3v) is 4.81. The molecule has 0 radical (unpaired) electrons. The molecule has 0 saturated heterocycles. The third-order valence-electron chi connectivity index (χ3n) is 4.05. The summed E-state index contributed by atoms with van der Waals surface area (Å²) in [6, 6.07) is 15.0. The molecule has 2 amide bonds. The number of carbonyl (C=O) groups excluding carboxylic acids is 2. The average molecular weight is 410 g/mol. The molecule has 29 heavy (non-hydrogen) atoms. The molecule has 6 nitrogen and oxygen atoms in total. The van der Waals surface area contributed by atoms with E-state index in [2.05, 4.69) is 15.6 Å². The quantitative estimate of drug-likeness (QED) is 0.556. The first-order chi connectivity index (χ1) is 14.0. The Kier molecular flexibility index (Phi) is 6.97. The van der Waals surface area contributed by atoms with Crippen molar-refractivity contribution in [2.45, 2.75) is 26.7 Å². The van der Waals surface area contributed by atoms with Gasteiger partial charge in [-0.15, -0.1) is 11.3 Å². The Bertz CT molecular complexity index is 983. The van der Waals surface area contributed by atoms with Crippen molar-refractivity contribution in [3.8, 4) is 17.0 Å². The van der Waals surface area contributed by atoms with Gasteiger partial charge in [-0.2, -0.15) is 0 Å². The fraction of sp³-hybridized carbons (Fsp3) is 0.227. The maximum Gasteiger partial charge on any atom is 0.264 e. The van der Waals surface area contributed by atoms with E-state index in [0.29, 0.717) is 17.3 Å². The highest BCUT2D eigenvalue weighted by molar-refractivity contribution is 7.14. The van der Waals surface area contributed by atoms with Gasteiger partial charge < -0.3 is 10.1 Å². The Morgan fingerprint density at radius 3 is 2.59 bits per heavy atom. The highest BCUT2D eigenvalue weighted by Gasteiger charge is 2.09. The molecular weight excluding hydrogens is 386 g/mol. The van der Waals surface area contributed by atoms with Crippen molar-refractivity contribution in [2.75, 3.05) is 17.2 Å². The van der Waals surface area contributed by atoms with Crippen LogP contribution < -0.4 is 15.4 Å². The second-order valence-electron chi connectivity index (χ2n) is 6.57. The van der Waals surface area contributed by atoms with Crippen LogP contribution in [0.25, 0.3) is 11.3 Å². The molecular formula is C22H23N3O3S. The number of aryl methyl sites for hydroxylation is 1. The summed E-state index contributed by atoms with van der Waals surface area (Å²) in [5, 5.41) is 8.00. The maximum absolute atomic E-state index is 12.1. The molecule has 0 aliphatic heterocycles. The van der Waals surface area contributed by atoms with Crippen LogP contribution in [0.15, 0.2) is 53.9 Å². The first kappa shape index (κ1) is 20.5. The molecule has 1 heterocycles. The number of aromatic nitrogens is 1. The standard InChI is InChI=1S/C22H23N3O3S/c1-3-5-20(26)23-17-10-8-16(9-11-17)19-14-29-22(24-19)25-21(27)13-28-18-7-4-6-15(2)12-18/h4,6-12,14H,3,5,13H2,1-2H3,(H,23,26)(H,24,25,27). The van der Waals surface area contributed by atoms with Crippen LogP contribution in [0, 0.1) is 6.92 Å². The molecule has 0 aliphatic rings. The zero-order valence-electron chi connectivity index (χ0n) is 16.4. The van der Waals surface area contributed by atoms with Gasteiger partial charge in [-0.1, -0.05) is 31.2 Å². The number of benzene rings is 2. The van der Waals surface area contributed by atoms with Gasteiger partial charge in [0, 0.05) is 23.1 Å². The number of thiazole rings is 1. The highest BCUT2D eigenvalue weighted by Crippen LogP contribution is 2.26. The van der Waals surface area contributed by atoms with Crippen LogP contribution in [0.1, 0.15) is 25.3 Å². The first-order valence-electron chi connectivity index (χ1n) is 9.38. The van der Waals surface area contributed by atoms with Crippen LogP contribution >= 0.6 is 11.3 Å². The Morgan fingerprint density at radius 1 is 1.07 bits per heavy atom. The van der Waals surface area contributed by atoms with Crippen LogP contribution in [-0.4, -0.2) is 23.4 Å². The summed E-state index contributed by atoms with van der Waals surface area (Å²) >= 11 is 1.35. The van der Waals surface area contributed by atoms with Crippen molar-refractivity contribution < 1.29 is 14.3 Å². The van der Waals surface area contributed by atoms with E-state index in [4.69, 9.17) is 4.74 Å². The van der Waals surface area contributed by atoms with E-state index in [9.17, 15) is 9.59 Å². The number of hydrogen-bond acceptors (Lipinski definition) is 5. The van der Waals surface area contributed by atoms with Gasteiger partial charge in [0.1, 0.15) is 5.75 Å². The third kappa shape index (κ3) is 6.15. The molecule has 0 atom stereocenters. The Labute approximate surface area is 173 Å². The second-order valence-corrected chi connectivity index (χ2v) is 7.42. The maximum atomic E-state index is 12.1. The summed E-state index contributed by atoms with van der Waals surface area (Å²) in [6.07, 6.45) is 1.32. The van der Waals surface area contributed by atoms with E-state index in [-0.39, 0.29) is 18.4 Å². The van der Waals surface area contributed by atoms with Gasteiger partial charge in [-0.3, -0.25) is 14.9 Å². The molecule has 2 N–H and O–H groups in total. The van der Waals surface area contributed by atoms with Crippen molar-refractivity contribution in [2.24, 2.45) is 0 Å². The summed E-state index contributed by atoms with van der Waals surface area (Å²) in [7, 11) is 0. The van der Waals surface area contributed by atoms with Crippen molar-refractivity contribution in [3.05, 3.63) is 59.5 Å². The number of carbonyl (C=O) groups is 2. The molecule has 7 heteroatoms. The van der Waals surface area contributed by atoms with E-state index in [1.54, 1.807) is 0 Å². The number of rotatable bonds is 8. The van der Waals surface area contributed by atoms with Gasteiger partial charge in [0.05, 0.1) is 5.69 Å². The Morgan fingerprint density at radius 2 is 1.86 bits per heavy atom. The topological polar surface area (TPSA) is 80.3 Å². The zero-order chi connectivity index (χ0) is 20.6. The molecule has 0 saturated carbocycles. The fourth-order valence-electron chi connectivity index (χ4n) is 2.65. The van der Waals surface area contributed by atoms with E-state index in [1.807, 2.05) is 67.8 Å². The van der Waals surface area contributed by atoms with Gasteiger partial charge in [0.2, 0.25) is 5.91 Å². The van der Waals surface area contributed by atoms with Crippen molar-refractivity contribution in [3.63, 3.8) is 0 Å². The smallest absolute Gasteiger partial charge is 0.264 e. The van der Waals surface area contributed by atoms with E-state index in [0.717, 1.165) is 28.9 Å². The van der Waals surface area contributed by atoms with Crippen molar-refractivity contribution in [1.29, 1.82) is 0 Å². The molecule has 0 aliphatic carbocycles. The molecule has 0 unspecified atom stereocenters. The van der Waals surface area contributed by atoms with Crippen LogP contribution in [0.5, 0.6) is 5.75 Å². The lowest BCUT2D eigenvalue weighted by Gasteiger charge is -2.06. The minimum atomic E-state index is -0.263. The van der Waals surface area contributed by atoms with E-state index in [1.165, 1.54) is 11.3 Å². The lowest BCUT2D eigenvalue weighted by molar-refractivity contribution is -0.118. The van der Waals surface area contributed by atoms with Gasteiger partial charge >= 0.3 is 0 Å². The minimum Gasteiger partial charge on any atom is -0.484 e. The summed E-state index contributed by atoms with van der Waals surface area (Å²) in [4.78, 5) is 28.2. The Balaban J connectivity index is 1.54. The van der Waals surface area contributed by atoms with Gasteiger partial charge in [-0.25, -0.2) is 4.98 Å². The normalized spacial score (nSPS) is 10.4. The summed E-state index contributed by atoms with van der Waals surface area (Å²) in [5.41, 5.74) is 3.50. The van der Waals surface area contributed by atoms with Gasteiger partial charge in [0.25, 0.3) is 5.91 Å². The largest absolute Gasteiger partial charge is 0.484 e. The number of amides is 2. The number of hydrogen-bond donors (Lipinski definition) is 2. The second kappa shape index (κ2) is 9.84. The summed E-state index contributed by atoms with van der Waals surface area (Å²) in [5.74, 6) is 0.402. The van der Waals surface area contributed by atoms with E-state index < -0.39 is 0 Å².